The average Bonchev–Trinajstić information content (AvgIpc) is 2.69. The van der Waals surface area contributed by atoms with Gasteiger partial charge in [0.05, 0.1) is 18.8 Å². The molecule has 1 amide bonds. The summed E-state index contributed by atoms with van der Waals surface area (Å²) in [5, 5.41) is 0. The smallest absolute Gasteiger partial charge is 0.341 e. The summed E-state index contributed by atoms with van der Waals surface area (Å²) >= 11 is 0. The molecular weight excluding hydrogens is 332 g/mol. The third-order valence-electron chi connectivity index (χ3n) is 4.42. The van der Waals surface area contributed by atoms with Gasteiger partial charge in [-0.25, -0.2) is 4.79 Å². The van der Waals surface area contributed by atoms with E-state index < -0.39 is 12.1 Å². The van der Waals surface area contributed by atoms with Crippen molar-refractivity contribution in [2.45, 2.75) is 13.0 Å². The van der Waals surface area contributed by atoms with Crippen LogP contribution in [0.1, 0.15) is 27.6 Å². The fourth-order valence-corrected chi connectivity index (χ4v) is 2.87. The van der Waals surface area contributed by atoms with Gasteiger partial charge >= 0.3 is 5.97 Å². The molecule has 0 aromatic heterocycles. The SMILES string of the molecule is Cc1cccc(C(=O)O[C@@H](C(=O)N2CCOCC2)c2ccccc2)c1N. The number of hydrogen-bond acceptors (Lipinski definition) is 5. The van der Waals surface area contributed by atoms with E-state index in [4.69, 9.17) is 15.2 Å². The highest BCUT2D eigenvalue weighted by Gasteiger charge is 2.31. The number of para-hydroxylation sites is 1. The van der Waals surface area contributed by atoms with E-state index in [1.165, 1.54) is 0 Å². The normalized spacial score (nSPS) is 15.3. The summed E-state index contributed by atoms with van der Waals surface area (Å²) in [6.45, 7) is 3.73. The van der Waals surface area contributed by atoms with E-state index in [0.29, 0.717) is 37.6 Å². The number of aryl methyl sites for hydroxylation is 1. The van der Waals surface area contributed by atoms with Crippen molar-refractivity contribution in [2.24, 2.45) is 0 Å². The minimum Gasteiger partial charge on any atom is -0.444 e. The minimum absolute atomic E-state index is 0.251. The van der Waals surface area contributed by atoms with Gasteiger partial charge in [0.25, 0.3) is 5.91 Å². The highest BCUT2D eigenvalue weighted by atomic mass is 16.5. The highest BCUT2D eigenvalue weighted by Crippen LogP contribution is 2.25. The second kappa shape index (κ2) is 8.01. The zero-order chi connectivity index (χ0) is 18.5. The van der Waals surface area contributed by atoms with Gasteiger partial charge in [0, 0.05) is 24.3 Å². The number of nitrogens with zero attached hydrogens (tertiary/aromatic N) is 1. The Morgan fingerprint density at radius 1 is 1.08 bits per heavy atom. The van der Waals surface area contributed by atoms with Crippen molar-refractivity contribution in [2.75, 3.05) is 32.0 Å². The summed E-state index contributed by atoms with van der Waals surface area (Å²) in [5.74, 6) is -0.860. The zero-order valence-corrected chi connectivity index (χ0v) is 14.7. The topological polar surface area (TPSA) is 81.9 Å². The third kappa shape index (κ3) is 3.86. The Labute approximate surface area is 152 Å². The van der Waals surface area contributed by atoms with Crippen LogP contribution in [0.2, 0.25) is 0 Å². The van der Waals surface area contributed by atoms with Crippen molar-refractivity contribution in [3.63, 3.8) is 0 Å². The number of carbonyl (C=O) groups excluding carboxylic acids is 2. The Morgan fingerprint density at radius 3 is 2.46 bits per heavy atom. The number of ether oxygens (including phenoxy) is 2. The molecular formula is C20H22N2O4. The first kappa shape index (κ1) is 17.9. The first-order valence-electron chi connectivity index (χ1n) is 8.55. The van der Waals surface area contributed by atoms with Crippen LogP contribution in [0.25, 0.3) is 0 Å². The lowest BCUT2D eigenvalue weighted by Crippen LogP contribution is -2.44. The van der Waals surface area contributed by atoms with Crippen molar-refractivity contribution in [3.05, 3.63) is 65.2 Å². The number of carbonyl (C=O) groups is 2. The maximum Gasteiger partial charge on any atom is 0.341 e. The van der Waals surface area contributed by atoms with Crippen molar-refractivity contribution in [3.8, 4) is 0 Å². The van der Waals surface area contributed by atoms with Gasteiger partial charge in [0.2, 0.25) is 6.10 Å². The molecule has 1 heterocycles. The molecule has 26 heavy (non-hydrogen) atoms. The van der Waals surface area contributed by atoms with Crippen LogP contribution < -0.4 is 5.73 Å². The predicted molar refractivity (Wildman–Crippen MR) is 97.6 cm³/mol. The number of morpholine rings is 1. The van der Waals surface area contributed by atoms with Crippen LogP contribution in [0.3, 0.4) is 0 Å². The maximum absolute atomic E-state index is 13.0. The van der Waals surface area contributed by atoms with Crippen molar-refractivity contribution >= 4 is 17.6 Å². The molecule has 1 aliphatic rings. The summed E-state index contributed by atoms with van der Waals surface area (Å²) in [5.41, 5.74) is 8.05. The zero-order valence-electron chi connectivity index (χ0n) is 14.7. The molecule has 1 saturated heterocycles. The summed E-state index contributed by atoms with van der Waals surface area (Å²) in [6, 6.07) is 14.2. The molecule has 1 fully saturated rings. The summed E-state index contributed by atoms with van der Waals surface area (Å²) in [6.07, 6.45) is -1.01. The molecule has 2 aromatic rings. The summed E-state index contributed by atoms with van der Waals surface area (Å²) in [7, 11) is 0. The van der Waals surface area contributed by atoms with Gasteiger partial charge in [0.1, 0.15) is 0 Å². The molecule has 0 unspecified atom stereocenters. The number of hydrogen-bond donors (Lipinski definition) is 1. The van der Waals surface area contributed by atoms with E-state index in [0.717, 1.165) is 5.56 Å². The number of nitrogens with two attached hydrogens (primary N) is 1. The van der Waals surface area contributed by atoms with Crippen LogP contribution in [-0.2, 0) is 14.3 Å². The first-order valence-corrected chi connectivity index (χ1v) is 8.55. The maximum atomic E-state index is 13.0. The Morgan fingerprint density at radius 2 is 1.77 bits per heavy atom. The molecule has 1 atom stereocenters. The van der Waals surface area contributed by atoms with Gasteiger partial charge in [-0.1, -0.05) is 42.5 Å². The molecule has 0 radical (unpaired) electrons. The van der Waals surface area contributed by atoms with Gasteiger partial charge in [-0.05, 0) is 18.6 Å². The first-order chi connectivity index (χ1) is 12.6. The summed E-state index contributed by atoms with van der Waals surface area (Å²) < 4.78 is 10.9. The van der Waals surface area contributed by atoms with Crippen molar-refractivity contribution < 1.29 is 19.1 Å². The molecule has 0 aliphatic carbocycles. The van der Waals surface area contributed by atoms with E-state index >= 15 is 0 Å². The second-order valence-electron chi connectivity index (χ2n) is 6.17. The van der Waals surface area contributed by atoms with E-state index in [1.807, 2.05) is 31.2 Å². The Balaban J connectivity index is 1.87. The Kier molecular flexibility index (Phi) is 5.53. The molecule has 0 spiro atoms. The van der Waals surface area contributed by atoms with Gasteiger partial charge in [0.15, 0.2) is 0 Å². The minimum atomic E-state index is -1.01. The molecule has 136 valence electrons. The molecule has 6 heteroatoms. The lowest BCUT2D eigenvalue weighted by Gasteiger charge is -2.30. The van der Waals surface area contributed by atoms with Gasteiger partial charge in [-0.15, -0.1) is 0 Å². The fourth-order valence-electron chi connectivity index (χ4n) is 2.87. The number of nitrogen functional groups attached to an aromatic ring is 1. The van der Waals surface area contributed by atoms with Crippen LogP contribution in [0.5, 0.6) is 0 Å². The van der Waals surface area contributed by atoms with Crippen molar-refractivity contribution in [1.82, 2.24) is 4.90 Å². The van der Waals surface area contributed by atoms with Gasteiger partial charge < -0.3 is 20.1 Å². The average molecular weight is 354 g/mol. The number of amides is 1. The largest absolute Gasteiger partial charge is 0.444 e. The van der Waals surface area contributed by atoms with Gasteiger partial charge in [-0.2, -0.15) is 0 Å². The lowest BCUT2D eigenvalue weighted by molar-refractivity contribution is -0.145. The van der Waals surface area contributed by atoms with Gasteiger partial charge in [-0.3, -0.25) is 4.79 Å². The van der Waals surface area contributed by atoms with Crippen LogP contribution in [-0.4, -0.2) is 43.1 Å². The predicted octanol–water partition coefficient (Wildman–Crippen LogP) is 2.33. The lowest BCUT2D eigenvalue weighted by atomic mass is 10.1. The standard InChI is InChI=1S/C20H22N2O4/c1-14-6-5-9-16(17(14)21)20(24)26-18(15-7-3-2-4-8-15)19(23)22-10-12-25-13-11-22/h2-9,18H,10-13,21H2,1H3/t18-/m1/s1. The monoisotopic (exact) mass is 354 g/mol. The van der Waals surface area contributed by atoms with Crippen LogP contribution in [0, 0.1) is 6.92 Å². The molecule has 3 rings (SSSR count). The number of anilines is 1. The molecule has 6 nitrogen and oxygen atoms in total. The van der Waals surface area contributed by atoms with E-state index in [-0.39, 0.29) is 11.5 Å². The second-order valence-corrected chi connectivity index (χ2v) is 6.17. The van der Waals surface area contributed by atoms with E-state index in [9.17, 15) is 9.59 Å². The third-order valence-corrected chi connectivity index (χ3v) is 4.42. The molecule has 2 aromatic carbocycles. The molecule has 1 aliphatic heterocycles. The molecule has 2 N–H and O–H groups in total. The van der Waals surface area contributed by atoms with Crippen molar-refractivity contribution in [1.29, 1.82) is 0 Å². The molecule has 0 bridgehead atoms. The molecule has 0 saturated carbocycles. The van der Waals surface area contributed by atoms with E-state index in [1.54, 1.807) is 29.2 Å². The quantitative estimate of drug-likeness (QED) is 0.673. The van der Waals surface area contributed by atoms with Crippen LogP contribution in [0.15, 0.2) is 48.5 Å². The fraction of sp³-hybridized carbons (Fsp3) is 0.300. The van der Waals surface area contributed by atoms with Crippen LogP contribution in [0.4, 0.5) is 5.69 Å². The van der Waals surface area contributed by atoms with E-state index in [2.05, 4.69) is 0 Å². The Hall–Kier alpha value is -2.86. The number of rotatable bonds is 4. The highest BCUT2D eigenvalue weighted by molar-refractivity contribution is 5.97. The Bertz CT molecular complexity index is 786. The van der Waals surface area contributed by atoms with Crippen LogP contribution >= 0.6 is 0 Å². The summed E-state index contributed by atoms with van der Waals surface area (Å²) in [4.78, 5) is 27.3. The number of esters is 1. The number of benzene rings is 2.